The minimum atomic E-state index is -0.965. The highest BCUT2D eigenvalue weighted by Gasteiger charge is 2.45. The van der Waals surface area contributed by atoms with Gasteiger partial charge >= 0.3 is 0 Å². The molecule has 1 saturated carbocycles. The van der Waals surface area contributed by atoms with E-state index in [0.717, 1.165) is 6.54 Å². The topological polar surface area (TPSA) is 67.7 Å². The van der Waals surface area contributed by atoms with Crippen molar-refractivity contribution in [3.8, 4) is 11.8 Å². The lowest BCUT2D eigenvalue weighted by Crippen LogP contribution is -2.33. The van der Waals surface area contributed by atoms with Crippen LogP contribution in [0.1, 0.15) is 25.0 Å². The van der Waals surface area contributed by atoms with Gasteiger partial charge in [-0.15, -0.1) is 0 Å². The van der Waals surface area contributed by atoms with Crippen molar-refractivity contribution < 1.29 is 14.6 Å². The van der Waals surface area contributed by atoms with Crippen LogP contribution in [0.4, 0.5) is 0 Å². The number of aromatic nitrogens is 2. The quantitative estimate of drug-likeness (QED) is 0.857. The maximum Gasteiger partial charge on any atom is 0.241 e. The lowest BCUT2D eigenvalue weighted by molar-refractivity contribution is 0.0374. The first-order valence-electron chi connectivity index (χ1n) is 6.58. The summed E-state index contributed by atoms with van der Waals surface area (Å²) in [4.78, 5) is 10.8. The third kappa shape index (κ3) is 2.26. The zero-order valence-electron chi connectivity index (χ0n) is 11.3. The van der Waals surface area contributed by atoms with E-state index in [9.17, 15) is 5.11 Å². The van der Waals surface area contributed by atoms with Gasteiger partial charge in [-0.05, 0) is 19.3 Å². The van der Waals surface area contributed by atoms with Gasteiger partial charge in [0.25, 0.3) is 0 Å². The van der Waals surface area contributed by atoms with Gasteiger partial charge in [0.05, 0.1) is 20.4 Å². The summed E-state index contributed by atoms with van der Waals surface area (Å²) in [5.41, 5.74) is -0.452. The van der Waals surface area contributed by atoms with Gasteiger partial charge in [0.2, 0.25) is 11.8 Å². The van der Waals surface area contributed by atoms with E-state index in [1.165, 1.54) is 33.3 Å². The number of methoxy groups -OCH3 is 2. The van der Waals surface area contributed by atoms with Crippen LogP contribution in [0.5, 0.6) is 11.8 Å². The second-order valence-electron chi connectivity index (χ2n) is 5.25. The summed E-state index contributed by atoms with van der Waals surface area (Å²) in [6, 6.07) is 0.645. The number of nitrogens with zero attached hydrogens (tertiary/aromatic N) is 3. The number of likely N-dealkylation sites (tertiary alicyclic amines) is 1. The molecule has 19 heavy (non-hydrogen) atoms. The molecular weight excluding hydrogens is 246 g/mol. The first-order chi connectivity index (χ1) is 9.16. The Labute approximate surface area is 112 Å². The van der Waals surface area contributed by atoms with Crippen LogP contribution < -0.4 is 9.47 Å². The van der Waals surface area contributed by atoms with Gasteiger partial charge in [0.15, 0.2) is 0 Å². The maximum absolute atomic E-state index is 10.8. The minimum Gasteiger partial charge on any atom is -0.480 e. The summed E-state index contributed by atoms with van der Waals surface area (Å²) in [6.07, 6.45) is 4.67. The Morgan fingerprint density at radius 1 is 1.37 bits per heavy atom. The molecule has 0 spiro atoms. The molecule has 6 heteroatoms. The third-order valence-corrected chi connectivity index (χ3v) is 3.90. The highest BCUT2D eigenvalue weighted by atomic mass is 16.5. The molecule has 6 nitrogen and oxygen atoms in total. The van der Waals surface area contributed by atoms with Crippen LogP contribution in [0.25, 0.3) is 0 Å². The van der Waals surface area contributed by atoms with Crippen LogP contribution in [0.15, 0.2) is 6.20 Å². The molecule has 0 aromatic carbocycles. The summed E-state index contributed by atoms with van der Waals surface area (Å²) < 4.78 is 10.3. The summed E-state index contributed by atoms with van der Waals surface area (Å²) in [7, 11) is 3.06. The first-order valence-corrected chi connectivity index (χ1v) is 6.58. The molecule has 1 unspecified atom stereocenters. The Balaban J connectivity index is 1.88. The molecule has 1 aromatic rings. The van der Waals surface area contributed by atoms with Gasteiger partial charge in [-0.1, -0.05) is 0 Å². The van der Waals surface area contributed by atoms with Crippen LogP contribution in [-0.4, -0.2) is 53.3 Å². The van der Waals surface area contributed by atoms with E-state index in [4.69, 9.17) is 9.47 Å². The lowest BCUT2D eigenvalue weighted by Gasteiger charge is -2.24. The van der Waals surface area contributed by atoms with Crippen molar-refractivity contribution in [2.24, 2.45) is 0 Å². The molecule has 104 valence electrons. The fraction of sp³-hybridized carbons (Fsp3) is 0.692. The van der Waals surface area contributed by atoms with Crippen LogP contribution >= 0.6 is 0 Å². The fourth-order valence-corrected chi connectivity index (χ4v) is 2.68. The molecule has 1 saturated heterocycles. The number of rotatable bonds is 4. The maximum atomic E-state index is 10.8. The number of hydrogen-bond donors (Lipinski definition) is 1. The number of ether oxygens (including phenoxy) is 2. The second kappa shape index (κ2) is 4.61. The van der Waals surface area contributed by atoms with Crippen LogP contribution in [0, 0.1) is 0 Å². The number of hydrogen-bond acceptors (Lipinski definition) is 6. The Morgan fingerprint density at radius 3 is 2.79 bits per heavy atom. The van der Waals surface area contributed by atoms with Crippen molar-refractivity contribution in [2.45, 2.75) is 30.9 Å². The summed E-state index contributed by atoms with van der Waals surface area (Å²) in [5.74, 6) is 0.737. The van der Waals surface area contributed by atoms with Gasteiger partial charge in [-0.2, -0.15) is 4.98 Å². The molecule has 1 aliphatic heterocycles. The van der Waals surface area contributed by atoms with E-state index >= 15 is 0 Å². The Bertz CT molecular complexity index is 478. The van der Waals surface area contributed by atoms with Crippen molar-refractivity contribution in [3.63, 3.8) is 0 Å². The van der Waals surface area contributed by atoms with E-state index in [1.807, 2.05) is 0 Å². The zero-order valence-corrected chi connectivity index (χ0v) is 11.3. The van der Waals surface area contributed by atoms with Gasteiger partial charge in [0.1, 0.15) is 11.3 Å². The SMILES string of the molecule is COc1cnc(C2(O)CCN(C3CC3)C2)c(OC)n1. The van der Waals surface area contributed by atoms with Crippen LogP contribution in [0.3, 0.4) is 0 Å². The normalized spacial score (nSPS) is 27.5. The van der Waals surface area contributed by atoms with E-state index in [1.54, 1.807) is 0 Å². The van der Waals surface area contributed by atoms with Crippen molar-refractivity contribution in [1.82, 2.24) is 14.9 Å². The summed E-state index contributed by atoms with van der Waals surface area (Å²) >= 11 is 0. The van der Waals surface area contributed by atoms with Crippen molar-refractivity contribution in [1.29, 1.82) is 0 Å². The molecule has 1 atom stereocenters. The second-order valence-corrected chi connectivity index (χ2v) is 5.25. The number of β-amino-alcohol motifs (C(OH)–C–C–N with tert-alkyl or cyclic N) is 1. The first kappa shape index (κ1) is 12.6. The molecule has 0 amide bonds. The molecule has 2 aliphatic rings. The average molecular weight is 265 g/mol. The zero-order chi connectivity index (χ0) is 13.5. The monoisotopic (exact) mass is 265 g/mol. The molecule has 3 rings (SSSR count). The average Bonchev–Trinajstić information content (AvgIpc) is 3.21. The van der Waals surface area contributed by atoms with Gasteiger partial charge in [0, 0.05) is 19.1 Å². The molecular formula is C13H19N3O3. The molecule has 0 bridgehead atoms. The van der Waals surface area contributed by atoms with Crippen molar-refractivity contribution >= 4 is 0 Å². The Kier molecular flexibility index (Phi) is 3.06. The molecule has 1 aromatic heterocycles. The predicted octanol–water partition coefficient (Wildman–Crippen LogP) is 0.549. The fourth-order valence-electron chi connectivity index (χ4n) is 2.68. The Morgan fingerprint density at radius 2 is 2.16 bits per heavy atom. The van der Waals surface area contributed by atoms with E-state index in [0.29, 0.717) is 36.5 Å². The molecule has 0 radical (unpaired) electrons. The number of aliphatic hydroxyl groups is 1. The predicted molar refractivity (Wildman–Crippen MR) is 68.2 cm³/mol. The molecule has 1 N–H and O–H groups in total. The van der Waals surface area contributed by atoms with Crippen molar-refractivity contribution in [2.75, 3.05) is 27.3 Å². The van der Waals surface area contributed by atoms with Gasteiger partial charge < -0.3 is 14.6 Å². The van der Waals surface area contributed by atoms with E-state index < -0.39 is 5.60 Å². The molecule has 2 heterocycles. The highest BCUT2D eigenvalue weighted by Crippen LogP contribution is 2.40. The third-order valence-electron chi connectivity index (χ3n) is 3.90. The molecule has 2 fully saturated rings. The largest absolute Gasteiger partial charge is 0.480 e. The van der Waals surface area contributed by atoms with Crippen molar-refractivity contribution in [3.05, 3.63) is 11.9 Å². The highest BCUT2D eigenvalue weighted by molar-refractivity contribution is 5.29. The Hall–Kier alpha value is -1.40. The van der Waals surface area contributed by atoms with E-state index in [-0.39, 0.29) is 0 Å². The smallest absolute Gasteiger partial charge is 0.241 e. The molecule has 1 aliphatic carbocycles. The summed E-state index contributed by atoms with van der Waals surface area (Å²) in [6.45, 7) is 1.51. The minimum absolute atomic E-state index is 0.347. The van der Waals surface area contributed by atoms with Crippen LogP contribution in [0.2, 0.25) is 0 Å². The standard InChI is InChI=1S/C13H19N3O3/c1-18-10-7-14-11(12(15-10)19-2)13(17)5-6-16(8-13)9-3-4-9/h7,9,17H,3-6,8H2,1-2H3. The van der Waals surface area contributed by atoms with Crippen LogP contribution in [-0.2, 0) is 5.60 Å². The van der Waals surface area contributed by atoms with Gasteiger partial charge in [-0.3, -0.25) is 4.90 Å². The lowest BCUT2D eigenvalue weighted by atomic mass is 9.99. The van der Waals surface area contributed by atoms with Gasteiger partial charge in [-0.25, -0.2) is 4.98 Å². The summed E-state index contributed by atoms with van der Waals surface area (Å²) in [5, 5.41) is 10.8. The van der Waals surface area contributed by atoms with E-state index in [2.05, 4.69) is 14.9 Å².